The van der Waals surface area contributed by atoms with Gasteiger partial charge in [-0.1, -0.05) is 39.0 Å². The highest BCUT2D eigenvalue weighted by Gasteiger charge is 1.85. The molecule has 0 saturated carbocycles. The zero-order valence-corrected chi connectivity index (χ0v) is 9.05. The molecule has 0 aliphatic heterocycles. The molecule has 0 fully saturated rings. The summed E-state index contributed by atoms with van der Waals surface area (Å²) in [6, 6.07) is 0. The molecule has 0 saturated heterocycles. The summed E-state index contributed by atoms with van der Waals surface area (Å²) in [7, 11) is 0. The van der Waals surface area contributed by atoms with Crippen LogP contribution in [0.3, 0.4) is 0 Å². The predicted molar refractivity (Wildman–Crippen MR) is 55.8 cm³/mol. The second-order valence-corrected chi connectivity index (χ2v) is 3.25. The highest BCUT2D eigenvalue weighted by atomic mass is 32.2. The highest BCUT2D eigenvalue weighted by molar-refractivity contribution is 7.73. The van der Waals surface area contributed by atoms with Crippen LogP contribution in [0.25, 0.3) is 0 Å². The lowest BCUT2D eigenvalue weighted by Crippen LogP contribution is -1.97. The Morgan fingerprint density at radius 1 is 1.08 bits per heavy atom. The Morgan fingerprint density at radius 2 is 1.46 bits per heavy atom. The topological polar surface area (TPSA) is 83.6 Å². The Bertz CT molecular complexity index is 102. The van der Waals surface area contributed by atoms with E-state index in [0.717, 1.165) is 6.54 Å². The summed E-state index contributed by atoms with van der Waals surface area (Å²) < 4.78 is 22.8. The van der Waals surface area contributed by atoms with Gasteiger partial charge in [-0.3, -0.25) is 9.11 Å². The van der Waals surface area contributed by atoms with Gasteiger partial charge in [-0.2, -0.15) is 4.21 Å². The Morgan fingerprint density at radius 3 is 1.85 bits per heavy atom. The first-order valence-corrected chi connectivity index (χ1v) is 5.71. The molecule has 4 N–H and O–H groups in total. The number of nitrogens with two attached hydrogens (primary N) is 1. The van der Waals surface area contributed by atoms with Crippen molar-refractivity contribution in [3.8, 4) is 0 Å². The quantitative estimate of drug-likeness (QED) is 0.463. The normalized spacial score (nSPS) is 9.62. The number of rotatable bonds is 6. The molecule has 0 atom stereocenters. The van der Waals surface area contributed by atoms with E-state index in [2.05, 4.69) is 6.92 Å². The van der Waals surface area contributed by atoms with Crippen molar-refractivity contribution in [2.75, 3.05) is 6.54 Å². The van der Waals surface area contributed by atoms with Gasteiger partial charge >= 0.3 is 0 Å². The van der Waals surface area contributed by atoms with E-state index in [4.69, 9.17) is 19.0 Å². The molecule has 0 aromatic rings. The molecule has 0 unspecified atom stereocenters. The summed E-state index contributed by atoms with van der Waals surface area (Å²) in [6.07, 6.45) is 8.05. The average molecular weight is 211 g/mol. The van der Waals surface area contributed by atoms with Crippen molar-refractivity contribution in [1.82, 2.24) is 0 Å². The summed E-state index contributed by atoms with van der Waals surface area (Å²) in [5.41, 5.74) is 5.34. The Hall–Kier alpha value is 0.0300. The maximum atomic E-state index is 8.67. The van der Waals surface area contributed by atoms with Gasteiger partial charge in [0.1, 0.15) is 0 Å². The minimum Gasteiger partial charge on any atom is -0.330 e. The second-order valence-electron chi connectivity index (χ2n) is 2.79. The molecule has 0 radical (unpaired) electrons. The Labute approximate surface area is 83.0 Å². The van der Waals surface area contributed by atoms with Gasteiger partial charge in [-0.15, -0.1) is 0 Å². The predicted octanol–water partition coefficient (Wildman–Crippen LogP) is 1.99. The minimum absolute atomic E-state index is 0.867. The number of unbranched alkanes of at least 4 members (excludes halogenated alkanes) is 5. The first-order valence-electron chi connectivity index (χ1n) is 4.65. The fourth-order valence-electron chi connectivity index (χ4n) is 0.925. The molecule has 0 bridgehead atoms. The van der Waals surface area contributed by atoms with Crippen molar-refractivity contribution in [3.63, 3.8) is 0 Å². The summed E-state index contributed by atoms with van der Waals surface area (Å²) >= 11 is -2.61. The van der Waals surface area contributed by atoms with E-state index >= 15 is 0 Å². The third kappa shape index (κ3) is 33.3. The first-order chi connectivity index (χ1) is 6.15. The van der Waals surface area contributed by atoms with Crippen LogP contribution in [-0.4, -0.2) is 19.9 Å². The molecule has 5 heteroatoms. The van der Waals surface area contributed by atoms with Gasteiger partial charge in [0.15, 0.2) is 0 Å². The van der Waals surface area contributed by atoms with Crippen molar-refractivity contribution in [1.29, 1.82) is 0 Å². The molecule has 0 heterocycles. The fourth-order valence-corrected chi connectivity index (χ4v) is 0.925. The molecule has 0 aliphatic carbocycles. The standard InChI is InChI=1S/C8H19N.H2O3S/c1-2-3-4-5-6-7-8-9;1-4(2)3/h2-9H2,1H3;(H2,1,2,3). The first kappa shape index (κ1) is 15.5. The minimum atomic E-state index is -2.61. The summed E-state index contributed by atoms with van der Waals surface area (Å²) in [6.45, 7) is 3.11. The van der Waals surface area contributed by atoms with E-state index in [-0.39, 0.29) is 0 Å². The van der Waals surface area contributed by atoms with Gasteiger partial charge in [-0.05, 0) is 13.0 Å². The van der Waals surface area contributed by atoms with E-state index in [9.17, 15) is 0 Å². The van der Waals surface area contributed by atoms with Crippen LogP contribution in [0.15, 0.2) is 0 Å². The van der Waals surface area contributed by atoms with Crippen molar-refractivity contribution in [2.45, 2.75) is 45.4 Å². The van der Waals surface area contributed by atoms with Crippen molar-refractivity contribution >= 4 is 11.4 Å². The molecule has 4 nitrogen and oxygen atoms in total. The zero-order chi connectivity index (χ0) is 10.5. The van der Waals surface area contributed by atoms with E-state index < -0.39 is 11.4 Å². The highest BCUT2D eigenvalue weighted by Crippen LogP contribution is 2.03. The largest absolute Gasteiger partial charge is 0.330 e. The fraction of sp³-hybridized carbons (Fsp3) is 1.00. The van der Waals surface area contributed by atoms with Gasteiger partial charge in [0.25, 0.3) is 11.4 Å². The van der Waals surface area contributed by atoms with E-state index in [1.807, 2.05) is 0 Å². The number of hydrogen-bond acceptors (Lipinski definition) is 2. The molecular formula is C8H21NO3S. The molecule has 0 aliphatic rings. The van der Waals surface area contributed by atoms with Crippen LogP contribution >= 0.6 is 0 Å². The summed E-state index contributed by atoms with van der Waals surface area (Å²) in [4.78, 5) is 0. The van der Waals surface area contributed by atoms with Crippen LogP contribution < -0.4 is 5.73 Å². The molecule has 0 rings (SSSR count). The summed E-state index contributed by atoms with van der Waals surface area (Å²) in [5.74, 6) is 0. The molecule has 0 spiro atoms. The molecule has 0 amide bonds. The van der Waals surface area contributed by atoms with Crippen LogP contribution in [0.5, 0.6) is 0 Å². The zero-order valence-electron chi connectivity index (χ0n) is 8.24. The van der Waals surface area contributed by atoms with E-state index in [1.54, 1.807) is 0 Å². The smallest absolute Gasteiger partial charge is 0.299 e. The van der Waals surface area contributed by atoms with Crippen LogP contribution in [0, 0.1) is 0 Å². The van der Waals surface area contributed by atoms with Crippen molar-refractivity contribution < 1.29 is 13.3 Å². The van der Waals surface area contributed by atoms with E-state index in [1.165, 1.54) is 38.5 Å². The molecular weight excluding hydrogens is 190 g/mol. The van der Waals surface area contributed by atoms with Gasteiger partial charge < -0.3 is 5.73 Å². The average Bonchev–Trinajstić information content (AvgIpc) is 2.03. The molecule has 0 aromatic heterocycles. The lowest BCUT2D eigenvalue weighted by Gasteiger charge is -1.96. The maximum absolute atomic E-state index is 8.67. The third-order valence-corrected chi connectivity index (χ3v) is 1.56. The monoisotopic (exact) mass is 211 g/mol. The third-order valence-electron chi connectivity index (χ3n) is 1.56. The van der Waals surface area contributed by atoms with Gasteiger partial charge in [0, 0.05) is 0 Å². The lowest BCUT2D eigenvalue weighted by molar-refractivity contribution is 0.454. The van der Waals surface area contributed by atoms with Crippen LogP contribution in [-0.2, 0) is 11.4 Å². The van der Waals surface area contributed by atoms with Crippen LogP contribution in [0.4, 0.5) is 0 Å². The van der Waals surface area contributed by atoms with Gasteiger partial charge in [0.05, 0.1) is 0 Å². The van der Waals surface area contributed by atoms with Crippen LogP contribution in [0.1, 0.15) is 45.4 Å². The van der Waals surface area contributed by atoms with Gasteiger partial charge in [0.2, 0.25) is 0 Å². The molecule has 0 aromatic carbocycles. The maximum Gasteiger partial charge on any atom is 0.299 e. The molecule has 82 valence electrons. The summed E-state index contributed by atoms with van der Waals surface area (Å²) in [5, 5.41) is 0. The van der Waals surface area contributed by atoms with E-state index in [0.29, 0.717) is 0 Å². The Balaban J connectivity index is 0. The van der Waals surface area contributed by atoms with Crippen molar-refractivity contribution in [2.24, 2.45) is 5.73 Å². The van der Waals surface area contributed by atoms with Crippen LogP contribution in [0.2, 0.25) is 0 Å². The van der Waals surface area contributed by atoms with Gasteiger partial charge in [-0.25, -0.2) is 0 Å². The SMILES string of the molecule is CCCCCCCCN.O=S(O)O. The lowest BCUT2D eigenvalue weighted by atomic mass is 10.1. The second kappa shape index (κ2) is 14.5. The molecule has 13 heavy (non-hydrogen) atoms. The number of hydrogen-bond donors (Lipinski definition) is 3. The Kier molecular flexibility index (Phi) is 17.3. The van der Waals surface area contributed by atoms with Crippen molar-refractivity contribution in [3.05, 3.63) is 0 Å².